The Labute approximate surface area is 82.8 Å². The van der Waals surface area contributed by atoms with Crippen molar-refractivity contribution in [3.05, 3.63) is 18.3 Å². The van der Waals surface area contributed by atoms with Gasteiger partial charge in [0.2, 0.25) is 5.95 Å². The molecule has 2 unspecified atom stereocenters. The van der Waals surface area contributed by atoms with E-state index in [9.17, 15) is 4.39 Å². The molecule has 0 saturated heterocycles. The SMILES string of the molecule is CCCC1CC1Nc1cc(F)ncn1. The topological polar surface area (TPSA) is 37.8 Å². The second-order valence-corrected chi connectivity index (χ2v) is 3.76. The molecule has 0 spiro atoms. The Hall–Kier alpha value is -1.19. The van der Waals surface area contributed by atoms with Crippen LogP contribution in [0.15, 0.2) is 12.4 Å². The summed E-state index contributed by atoms with van der Waals surface area (Å²) in [5.41, 5.74) is 0. The number of aromatic nitrogens is 2. The first-order valence-corrected chi connectivity index (χ1v) is 5.03. The third-order valence-corrected chi connectivity index (χ3v) is 2.55. The molecule has 1 saturated carbocycles. The van der Waals surface area contributed by atoms with Gasteiger partial charge >= 0.3 is 0 Å². The molecule has 1 aliphatic carbocycles. The highest BCUT2D eigenvalue weighted by Crippen LogP contribution is 2.36. The Bertz CT molecular complexity index is 316. The van der Waals surface area contributed by atoms with Crippen LogP contribution in [0.5, 0.6) is 0 Å². The molecule has 3 nitrogen and oxygen atoms in total. The maximum Gasteiger partial charge on any atom is 0.217 e. The van der Waals surface area contributed by atoms with Crippen molar-refractivity contribution >= 4 is 5.82 Å². The van der Waals surface area contributed by atoms with Crippen LogP contribution in [-0.2, 0) is 0 Å². The van der Waals surface area contributed by atoms with Gasteiger partial charge in [0.05, 0.1) is 0 Å². The van der Waals surface area contributed by atoms with Crippen molar-refractivity contribution in [1.82, 2.24) is 9.97 Å². The number of hydrogen-bond acceptors (Lipinski definition) is 3. The Morgan fingerprint density at radius 2 is 2.43 bits per heavy atom. The minimum Gasteiger partial charge on any atom is -0.367 e. The highest BCUT2D eigenvalue weighted by Gasteiger charge is 2.36. The van der Waals surface area contributed by atoms with Gasteiger partial charge in [-0.2, -0.15) is 4.39 Å². The average molecular weight is 195 g/mol. The maximum absolute atomic E-state index is 12.7. The molecule has 1 N–H and O–H groups in total. The van der Waals surface area contributed by atoms with E-state index in [0.717, 1.165) is 5.92 Å². The van der Waals surface area contributed by atoms with E-state index in [0.29, 0.717) is 11.9 Å². The van der Waals surface area contributed by atoms with Crippen molar-refractivity contribution in [3.63, 3.8) is 0 Å². The van der Waals surface area contributed by atoms with Gasteiger partial charge in [0, 0.05) is 12.1 Å². The molecule has 4 heteroatoms. The van der Waals surface area contributed by atoms with Crippen molar-refractivity contribution in [2.75, 3.05) is 5.32 Å². The lowest BCUT2D eigenvalue weighted by Crippen LogP contribution is -2.06. The minimum atomic E-state index is -0.477. The summed E-state index contributed by atoms with van der Waals surface area (Å²) < 4.78 is 12.7. The van der Waals surface area contributed by atoms with Gasteiger partial charge in [-0.3, -0.25) is 0 Å². The Kier molecular flexibility index (Phi) is 2.61. The standard InChI is InChI=1S/C10H14FN3/c1-2-3-7-4-8(7)14-10-5-9(11)12-6-13-10/h5-8H,2-4H2,1H3,(H,12,13,14). The first-order valence-electron chi connectivity index (χ1n) is 5.03. The van der Waals surface area contributed by atoms with Crippen LogP contribution in [0.25, 0.3) is 0 Å². The van der Waals surface area contributed by atoms with E-state index >= 15 is 0 Å². The molecule has 2 rings (SSSR count). The second kappa shape index (κ2) is 3.90. The number of nitrogens with one attached hydrogen (secondary N) is 1. The van der Waals surface area contributed by atoms with Crippen LogP contribution < -0.4 is 5.32 Å². The summed E-state index contributed by atoms with van der Waals surface area (Å²) in [5.74, 6) is 0.870. The number of halogens is 1. The van der Waals surface area contributed by atoms with Gasteiger partial charge in [0.25, 0.3) is 0 Å². The summed E-state index contributed by atoms with van der Waals surface area (Å²) in [7, 11) is 0. The zero-order chi connectivity index (χ0) is 9.97. The molecule has 1 aromatic heterocycles. The molecular weight excluding hydrogens is 181 g/mol. The fourth-order valence-electron chi connectivity index (χ4n) is 1.72. The molecule has 0 bridgehead atoms. The monoisotopic (exact) mass is 195 g/mol. The van der Waals surface area contributed by atoms with Crippen LogP contribution in [-0.4, -0.2) is 16.0 Å². The molecule has 0 aromatic carbocycles. The van der Waals surface area contributed by atoms with E-state index in [1.807, 2.05) is 0 Å². The number of rotatable bonds is 4. The van der Waals surface area contributed by atoms with Gasteiger partial charge in [0.1, 0.15) is 12.1 Å². The summed E-state index contributed by atoms with van der Waals surface area (Å²) in [6.45, 7) is 2.18. The van der Waals surface area contributed by atoms with Crippen LogP contribution in [0.3, 0.4) is 0 Å². The van der Waals surface area contributed by atoms with Crippen LogP contribution in [0.1, 0.15) is 26.2 Å². The largest absolute Gasteiger partial charge is 0.367 e. The van der Waals surface area contributed by atoms with Gasteiger partial charge in [0.15, 0.2) is 0 Å². The third-order valence-electron chi connectivity index (χ3n) is 2.55. The van der Waals surface area contributed by atoms with Crippen molar-refractivity contribution in [2.45, 2.75) is 32.2 Å². The Morgan fingerprint density at radius 1 is 1.57 bits per heavy atom. The van der Waals surface area contributed by atoms with E-state index in [2.05, 4.69) is 22.2 Å². The molecule has 1 aliphatic rings. The van der Waals surface area contributed by atoms with Crippen molar-refractivity contribution < 1.29 is 4.39 Å². The Balaban J connectivity index is 1.87. The van der Waals surface area contributed by atoms with Crippen LogP contribution in [0, 0.1) is 11.9 Å². The summed E-state index contributed by atoms with van der Waals surface area (Å²) in [6.07, 6.45) is 4.88. The quantitative estimate of drug-likeness (QED) is 0.748. The molecule has 2 atom stereocenters. The lowest BCUT2D eigenvalue weighted by molar-refractivity contribution is 0.580. The van der Waals surface area contributed by atoms with E-state index in [1.54, 1.807) is 0 Å². The smallest absolute Gasteiger partial charge is 0.217 e. The van der Waals surface area contributed by atoms with Crippen molar-refractivity contribution in [1.29, 1.82) is 0 Å². The number of hydrogen-bond donors (Lipinski definition) is 1. The van der Waals surface area contributed by atoms with E-state index in [-0.39, 0.29) is 0 Å². The fourth-order valence-corrected chi connectivity index (χ4v) is 1.72. The first-order chi connectivity index (χ1) is 6.79. The number of nitrogens with zero attached hydrogens (tertiary/aromatic N) is 2. The molecule has 0 amide bonds. The average Bonchev–Trinajstić information content (AvgIpc) is 2.84. The zero-order valence-electron chi connectivity index (χ0n) is 8.20. The van der Waals surface area contributed by atoms with Gasteiger partial charge in [-0.1, -0.05) is 13.3 Å². The first kappa shape index (κ1) is 9.37. The predicted molar refractivity (Wildman–Crippen MR) is 52.4 cm³/mol. The Morgan fingerprint density at radius 3 is 3.14 bits per heavy atom. The summed E-state index contributed by atoms with van der Waals surface area (Å²) in [4.78, 5) is 7.36. The van der Waals surface area contributed by atoms with Crippen molar-refractivity contribution in [3.8, 4) is 0 Å². The summed E-state index contributed by atoms with van der Waals surface area (Å²) >= 11 is 0. The van der Waals surface area contributed by atoms with E-state index in [1.165, 1.54) is 31.7 Å². The van der Waals surface area contributed by atoms with Crippen molar-refractivity contribution in [2.24, 2.45) is 5.92 Å². The lowest BCUT2D eigenvalue weighted by atomic mass is 10.2. The molecule has 1 fully saturated rings. The fraction of sp³-hybridized carbons (Fsp3) is 0.600. The van der Waals surface area contributed by atoms with E-state index < -0.39 is 5.95 Å². The van der Waals surface area contributed by atoms with Gasteiger partial charge in [-0.15, -0.1) is 0 Å². The second-order valence-electron chi connectivity index (χ2n) is 3.76. The lowest BCUT2D eigenvalue weighted by Gasteiger charge is -2.03. The predicted octanol–water partition coefficient (Wildman–Crippen LogP) is 2.22. The number of anilines is 1. The maximum atomic E-state index is 12.7. The molecule has 0 aliphatic heterocycles. The molecule has 14 heavy (non-hydrogen) atoms. The van der Waals surface area contributed by atoms with Crippen LogP contribution in [0.4, 0.5) is 10.2 Å². The normalized spacial score (nSPS) is 24.7. The highest BCUT2D eigenvalue weighted by molar-refractivity contribution is 5.35. The minimum absolute atomic E-state index is 0.477. The van der Waals surface area contributed by atoms with Gasteiger partial charge in [-0.25, -0.2) is 9.97 Å². The van der Waals surface area contributed by atoms with E-state index in [4.69, 9.17) is 0 Å². The van der Waals surface area contributed by atoms with Crippen LogP contribution in [0.2, 0.25) is 0 Å². The zero-order valence-corrected chi connectivity index (χ0v) is 8.20. The molecule has 1 heterocycles. The molecular formula is C10H14FN3. The molecule has 0 radical (unpaired) electrons. The molecule has 76 valence electrons. The van der Waals surface area contributed by atoms with Gasteiger partial charge in [-0.05, 0) is 18.8 Å². The summed E-state index contributed by atoms with van der Waals surface area (Å²) in [5, 5.41) is 3.20. The highest BCUT2D eigenvalue weighted by atomic mass is 19.1. The third kappa shape index (κ3) is 2.19. The van der Waals surface area contributed by atoms with Crippen LogP contribution >= 0.6 is 0 Å². The molecule has 1 aromatic rings. The summed E-state index contributed by atoms with van der Waals surface area (Å²) in [6, 6.07) is 1.82. The van der Waals surface area contributed by atoms with Gasteiger partial charge < -0.3 is 5.32 Å².